The van der Waals surface area contributed by atoms with Crippen LogP contribution in [0.25, 0.3) is 0 Å². The van der Waals surface area contributed by atoms with Crippen molar-refractivity contribution in [3.63, 3.8) is 0 Å². The number of hydrogen-bond acceptors (Lipinski definition) is 2. The largest absolute Gasteiger partial charge is 0.314 e. The summed E-state index contributed by atoms with van der Waals surface area (Å²) in [6.45, 7) is 5.50. The minimum atomic E-state index is 0.670. The van der Waals surface area contributed by atoms with Gasteiger partial charge in [-0.05, 0) is 18.9 Å². The van der Waals surface area contributed by atoms with E-state index in [0.717, 1.165) is 13.0 Å². The van der Waals surface area contributed by atoms with Crippen LogP contribution in [0, 0.1) is 0 Å². The first-order chi connectivity index (χ1) is 6.77. The molecule has 0 fully saturated rings. The lowest BCUT2D eigenvalue weighted by Crippen LogP contribution is -2.29. The van der Waals surface area contributed by atoms with Gasteiger partial charge in [0.2, 0.25) is 0 Å². The highest BCUT2D eigenvalue weighted by molar-refractivity contribution is 5.00. The smallest absolute Gasteiger partial charge is 0.0492 e. The van der Waals surface area contributed by atoms with E-state index in [4.69, 9.17) is 0 Å². The van der Waals surface area contributed by atoms with Gasteiger partial charge in [-0.3, -0.25) is 4.68 Å². The van der Waals surface area contributed by atoms with E-state index < -0.39 is 0 Å². The molecule has 0 amide bonds. The highest BCUT2D eigenvalue weighted by atomic mass is 15.3. The molecule has 0 saturated carbocycles. The Bertz CT molecular complexity index is 251. The molecule has 80 valence electrons. The molecule has 0 bridgehead atoms. The lowest BCUT2D eigenvalue weighted by atomic mass is 10.1. The van der Waals surface area contributed by atoms with Gasteiger partial charge in [-0.2, -0.15) is 5.10 Å². The van der Waals surface area contributed by atoms with Crippen LogP contribution < -0.4 is 5.32 Å². The van der Waals surface area contributed by atoms with Crippen LogP contribution in [0.4, 0.5) is 0 Å². The van der Waals surface area contributed by atoms with Crippen molar-refractivity contribution >= 4 is 0 Å². The molecule has 1 aromatic heterocycles. The van der Waals surface area contributed by atoms with Crippen molar-refractivity contribution in [2.75, 3.05) is 6.54 Å². The summed E-state index contributed by atoms with van der Waals surface area (Å²) in [4.78, 5) is 0. The van der Waals surface area contributed by atoms with Gasteiger partial charge in [-0.1, -0.05) is 13.8 Å². The molecule has 1 N–H and O–H groups in total. The Morgan fingerprint density at radius 2 is 2.14 bits per heavy atom. The second-order valence-electron chi connectivity index (χ2n) is 3.66. The molecule has 0 atom stereocenters. The third-order valence-corrected chi connectivity index (χ3v) is 2.72. The molecule has 0 aliphatic carbocycles. The molecule has 3 heteroatoms. The second-order valence-corrected chi connectivity index (χ2v) is 3.66. The highest BCUT2D eigenvalue weighted by Crippen LogP contribution is 1.99. The average molecular weight is 195 g/mol. The molecular weight excluding hydrogens is 174 g/mol. The number of aromatic nitrogens is 2. The molecule has 0 aliphatic heterocycles. The standard InChI is InChI=1S/C11H21N3/c1-4-10(5-2)12-8-6-11-7-9-13-14(11)3/h7,9-10,12H,4-6,8H2,1-3H3. The monoisotopic (exact) mass is 195 g/mol. The fourth-order valence-corrected chi connectivity index (χ4v) is 1.63. The first-order valence-electron chi connectivity index (χ1n) is 5.48. The average Bonchev–Trinajstić information content (AvgIpc) is 2.59. The summed E-state index contributed by atoms with van der Waals surface area (Å²) in [5.74, 6) is 0. The van der Waals surface area contributed by atoms with Gasteiger partial charge in [0.15, 0.2) is 0 Å². The lowest BCUT2D eigenvalue weighted by molar-refractivity contribution is 0.483. The van der Waals surface area contributed by atoms with Crippen LogP contribution in [0.2, 0.25) is 0 Å². The van der Waals surface area contributed by atoms with Gasteiger partial charge in [0.05, 0.1) is 0 Å². The highest BCUT2D eigenvalue weighted by Gasteiger charge is 2.02. The Kier molecular flexibility index (Phi) is 4.66. The number of hydrogen-bond donors (Lipinski definition) is 1. The van der Waals surface area contributed by atoms with Crippen LogP contribution in [-0.4, -0.2) is 22.4 Å². The van der Waals surface area contributed by atoms with E-state index in [0.29, 0.717) is 6.04 Å². The zero-order valence-electron chi connectivity index (χ0n) is 9.45. The minimum absolute atomic E-state index is 0.670. The van der Waals surface area contributed by atoms with Crippen LogP contribution in [0.1, 0.15) is 32.4 Å². The van der Waals surface area contributed by atoms with E-state index in [1.54, 1.807) is 0 Å². The molecule has 0 aromatic carbocycles. The van der Waals surface area contributed by atoms with Crippen molar-refractivity contribution in [3.05, 3.63) is 18.0 Å². The van der Waals surface area contributed by atoms with Gasteiger partial charge < -0.3 is 5.32 Å². The van der Waals surface area contributed by atoms with Gasteiger partial charge in [0, 0.05) is 37.9 Å². The molecule has 0 radical (unpaired) electrons. The molecule has 3 nitrogen and oxygen atoms in total. The van der Waals surface area contributed by atoms with Crippen molar-refractivity contribution in [1.29, 1.82) is 0 Å². The Labute approximate surface area is 86.5 Å². The maximum atomic E-state index is 4.14. The van der Waals surface area contributed by atoms with E-state index in [1.165, 1.54) is 18.5 Å². The van der Waals surface area contributed by atoms with Crippen molar-refractivity contribution < 1.29 is 0 Å². The minimum Gasteiger partial charge on any atom is -0.314 e. The quantitative estimate of drug-likeness (QED) is 0.749. The topological polar surface area (TPSA) is 29.9 Å². The molecule has 1 rings (SSSR count). The molecule has 0 unspecified atom stereocenters. The fraction of sp³-hybridized carbons (Fsp3) is 0.727. The third-order valence-electron chi connectivity index (χ3n) is 2.72. The first kappa shape index (κ1) is 11.2. The zero-order valence-corrected chi connectivity index (χ0v) is 9.45. The normalized spacial score (nSPS) is 11.1. The van der Waals surface area contributed by atoms with E-state index in [2.05, 4.69) is 30.3 Å². The van der Waals surface area contributed by atoms with E-state index >= 15 is 0 Å². The fourth-order valence-electron chi connectivity index (χ4n) is 1.63. The van der Waals surface area contributed by atoms with E-state index in [9.17, 15) is 0 Å². The Hall–Kier alpha value is -0.830. The van der Waals surface area contributed by atoms with Crippen LogP contribution >= 0.6 is 0 Å². The van der Waals surface area contributed by atoms with Crippen LogP contribution in [0.5, 0.6) is 0 Å². The van der Waals surface area contributed by atoms with Crippen molar-refractivity contribution in [2.45, 2.75) is 39.2 Å². The maximum absolute atomic E-state index is 4.14. The SMILES string of the molecule is CCC(CC)NCCc1ccnn1C. The molecular formula is C11H21N3. The van der Waals surface area contributed by atoms with Gasteiger partial charge >= 0.3 is 0 Å². The second kappa shape index (κ2) is 5.81. The summed E-state index contributed by atoms with van der Waals surface area (Å²) >= 11 is 0. The summed E-state index contributed by atoms with van der Waals surface area (Å²) in [5, 5.41) is 7.69. The molecule has 1 aromatic rings. The van der Waals surface area contributed by atoms with Crippen molar-refractivity contribution in [2.24, 2.45) is 7.05 Å². The summed E-state index contributed by atoms with van der Waals surface area (Å²) in [6.07, 6.45) is 5.34. The number of nitrogens with one attached hydrogen (secondary N) is 1. The first-order valence-corrected chi connectivity index (χ1v) is 5.48. The molecule has 0 spiro atoms. The summed E-state index contributed by atoms with van der Waals surface area (Å²) in [7, 11) is 1.99. The number of aryl methyl sites for hydroxylation is 1. The van der Waals surface area contributed by atoms with Crippen molar-refractivity contribution in [1.82, 2.24) is 15.1 Å². The lowest BCUT2D eigenvalue weighted by Gasteiger charge is -2.14. The summed E-state index contributed by atoms with van der Waals surface area (Å²) in [5.41, 5.74) is 1.29. The predicted octanol–water partition coefficient (Wildman–Crippen LogP) is 1.74. The summed E-state index contributed by atoms with van der Waals surface area (Å²) < 4.78 is 1.94. The Morgan fingerprint density at radius 3 is 2.64 bits per heavy atom. The molecule has 14 heavy (non-hydrogen) atoms. The predicted molar refractivity (Wildman–Crippen MR) is 59.3 cm³/mol. The number of rotatable bonds is 6. The number of nitrogens with zero attached hydrogens (tertiary/aromatic N) is 2. The van der Waals surface area contributed by atoms with Crippen LogP contribution in [0.3, 0.4) is 0 Å². The van der Waals surface area contributed by atoms with Crippen molar-refractivity contribution in [3.8, 4) is 0 Å². The Balaban J connectivity index is 2.24. The maximum Gasteiger partial charge on any atom is 0.0492 e. The molecule has 0 saturated heterocycles. The van der Waals surface area contributed by atoms with Gasteiger partial charge in [0.1, 0.15) is 0 Å². The zero-order chi connectivity index (χ0) is 10.4. The van der Waals surface area contributed by atoms with Crippen LogP contribution in [-0.2, 0) is 13.5 Å². The van der Waals surface area contributed by atoms with E-state index in [-0.39, 0.29) is 0 Å². The summed E-state index contributed by atoms with van der Waals surface area (Å²) in [6, 6.07) is 2.75. The molecule has 1 heterocycles. The van der Waals surface area contributed by atoms with Gasteiger partial charge in [0.25, 0.3) is 0 Å². The van der Waals surface area contributed by atoms with Gasteiger partial charge in [-0.15, -0.1) is 0 Å². The third kappa shape index (κ3) is 3.14. The van der Waals surface area contributed by atoms with Gasteiger partial charge in [-0.25, -0.2) is 0 Å². The van der Waals surface area contributed by atoms with Crippen LogP contribution in [0.15, 0.2) is 12.3 Å². The molecule has 0 aliphatic rings. The Morgan fingerprint density at radius 1 is 1.43 bits per heavy atom. The van der Waals surface area contributed by atoms with E-state index in [1.807, 2.05) is 17.9 Å².